The van der Waals surface area contributed by atoms with E-state index in [-0.39, 0.29) is 23.0 Å². The van der Waals surface area contributed by atoms with E-state index in [9.17, 15) is 9.90 Å². The summed E-state index contributed by atoms with van der Waals surface area (Å²) in [7, 11) is 0. The van der Waals surface area contributed by atoms with Crippen molar-refractivity contribution in [1.82, 2.24) is 0 Å². The molecule has 0 amide bonds. The van der Waals surface area contributed by atoms with E-state index in [0.29, 0.717) is 29.0 Å². The number of ether oxygens (including phenoxy) is 3. The number of hydrogen-bond donors (Lipinski definition) is 1. The molecule has 166 valence electrons. The fourth-order valence-corrected chi connectivity index (χ4v) is 3.57. The topological polar surface area (TPSA) is 65.0 Å². The number of hydrogen-bond acceptors (Lipinski definition) is 5. The molecule has 0 bridgehead atoms. The lowest BCUT2D eigenvalue weighted by molar-refractivity contribution is -0.131. The molecule has 0 aliphatic rings. The number of carbonyl (C=O) groups is 1. The van der Waals surface area contributed by atoms with Gasteiger partial charge in [0.1, 0.15) is 0 Å². The molecule has 0 spiro atoms. The van der Waals surface area contributed by atoms with Crippen LogP contribution in [-0.4, -0.2) is 24.3 Å². The molecule has 0 aromatic heterocycles. The molecule has 1 N–H and O–H groups in total. The molecule has 0 radical (unpaired) electrons. The SMILES string of the molecule is CCCCCCOc1c(OCCCCCC)c(OC(C)=O)c2c(Cl)cccc2c1O. The lowest BCUT2D eigenvalue weighted by Crippen LogP contribution is -2.09. The maximum atomic E-state index is 11.8. The molecular weight excluding hydrogens is 404 g/mol. The van der Waals surface area contributed by atoms with E-state index >= 15 is 0 Å². The summed E-state index contributed by atoms with van der Waals surface area (Å²) in [5.74, 6) is 0.0809. The third-order valence-corrected chi connectivity index (χ3v) is 5.17. The molecule has 0 unspecified atom stereocenters. The second kappa shape index (κ2) is 12.5. The number of halogens is 1. The Bertz CT molecular complexity index is 834. The molecule has 0 heterocycles. The molecule has 0 aliphatic heterocycles. The van der Waals surface area contributed by atoms with Crippen molar-refractivity contribution < 1.29 is 24.1 Å². The smallest absolute Gasteiger partial charge is 0.308 e. The number of benzene rings is 2. The number of fused-ring (bicyclic) bond motifs is 1. The maximum absolute atomic E-state index is 11.8. The molecule has 6 heteroatoms. The minimum Gasteiger partial charge on any atom is -0.504 e. The second-order valence-electron chi connectivity index (χ2n) is 7.41. The van der Waals surface area contributed by atoms with Gasteiger partial charge in [0, 0.05) is 12.3 Å². The lowest BCUT2D eigenvalue weighted by atomic mass is 10.1. The van der Waals surface area contributed by atoms with Crippen LogP contribution in [0, 0.1) is 0 Å². The van der Waals surface area contributed by atoms with Gasteiger partial charge in [0.15, 0.2) is 11.5 Å². The number of unbranched alkanes of at least 4 members (excludes halogenated alkanes) is 6. The van der Waals surface area contributed by atoms with Gasteiger partial charge in [0.05, 0.1) is 23.6 Å². The number of rotatable bonds is 13. The molecule has 2 rings (SSSR count). The first-order chi connectivity index (χ1) is 14.5. The Morgan fingerprint density at radius 3 is 2.07 bits per heavy atom. The minimum absolute atomic E-state index is 0.0533. The van der Waals surface area contributed by atoms with Gasteiger partial charge in [-0.25, -0.2) is 0 Å². The van der Waals surface area contributed by atoms with Crippen LogP contribution in [0.4, 0.5) is 0 Å². The van der Waals surface area contributed by atoms with Crippen LogP contribution in [0.1, 0.15) is 72.1 Å². The van der Waals surface area contributed by atoms with E-state index in [2.05, 4.69) is 13.8 Å². The summed E-state index contributed by atoms with van der Waals surface area (Å²) in [6.45, 7) is 6.48. The van der Waals surface area contributed by atoms with Crippen LogP contribution < -0.4 is 14.2 Å². The number of phenols is 1. The van der Waals surface area contributed by atoms with Gasteiger partial charge in [0.25, 0.3) is 0 Å². The highest BCUT2D eigenvalue weighted by molar-refractivity contribution is 6.36. The van der Waals surface area contributed by atoms with Crippen molar-refractivity contribution in [3.8, 4) is 23.0 Å². The summed E-state index contributed by atoms with van der Waals surface area (Å²) in [6, 6.07) is 5.14. The summed E-state index contributed by atoms with van der Waals surface area (Å²) >= 11 is 6.41. The van der Waals surface area contributed by atoms with Crippen LogP contribution >= 0.6 is 11.6 Å². The first-order valence-electron chi connectivity index (χ1n) is 10.9. The van der Waals surface area contributed by atoms with Crippen molar-refractivity contribution in [2.45, 2.75) is 72.1 Å². The molecule has 0 atom stereocenters. The number of phenolic OH excluding ortho intramolecular Hbond substituents is 1. The Kier molecular flexibility index (Phi) is 10.1. The van der Waals surface area contributed by atoms with E-state index in [1.165, 1.54) is 6.92 Å². The molecule has 0 saturated heterocycles. The van der Waals surface area contributed by atoms with Crippen LogP contribution in [0.2, 0.25) is 5.02 Å². The van der Waals surface area contributed by atoms with Crippen LogP contribution in [0.25, 0.3) is 10.8 Å². The zero-order chi connectivity index (χ0) is 21.9. The predicted octanol–water partition coefficient (Wildman–Crippen LogP) is 7.04. The van der Waals surface area contributed by atoms with Crippen LogP contribution in [0.15, 0.2) is 18.2 Å². The zero-order valence-corrected chi connectivity index (χ0v) is 19.0. The minimum atomic E-state index is -0.494. The van der Waals surface area contributed by atoms with Gasteiger partial charge in [-0.05, 0) is 18.9 Å². The standard InChI is InChI=1S/C24H33ClO5/c1-4-6-8-10-15-28-23-21(27)18-13-12-14-19(25)20(18)22(30-17(3)26)24(23)29-16-11-9-7-5-2/h12-14,27H,4-11,15-16H2,1-3H3. The highest BCUT2D eigenvalue weighted by Gasteiger charge is 2.26. The van der Waals surface area contributed by atoms with Gasteiger partial charge < -0.3 is 19.3 Å². The van der Waals surface area contributed by atoms with Gasteiger partial charge in [-0.2, -0.15) is 0 Å². The summed E-state index contributed by atoms with van der Waals surface area (Å²) < 4.78 is 17.5. The molecule has 0 aliphatic carbocycles. The highest BCUT2D eigenvalue weighted by atomic mass is 35.5. The highest BCUT2D eigenvalue weighted by Crippen LogP contribution is 2.52. The van der Waals surface area contributed by atoms with Gasteiger partial charge in [-0.3, -0.25) is 4.79 Å². The molecule has 5 nitrogen and oxygen atoms in total. The molecule has 2 aromatic carbocycles. The Morgan fingerprint density at radius 2 is 1.50 bits per heavy atom. The Balaban J connectivity index is 2.45. The Hall–Kier alpha value is -2.14. The first kappa shape index (κ1) is 24.1. The number of carbonyl (C=O) groups excluding carboxylic acids is 1. The zero-order valence-electron chi connectivity index (χ0n) is 18.3. The van der Waals surface area contributed by atoms with Crippen LogP contribution in [0.3, 0.4) is 0 Å². The Labute approximate surface area is 184 Å². The molecule has 2 aromatic rings. The van der Waals surface area contributed by atoms with Crippen molar-refractivity contribution in [2.75, 3.05) is 13.2 Å². The molecule has 30 heavy (non-hydrogen) atoms. The van der Waals surface area contributed by atoms with E-state index in [1.807, 2.05) is 0 Å². The molecular formula is C24H33ClO5. The Morgan fingerprint density at radius 1 is 0.900 bits per heavy atom. The van der Waals surface area contributed by atoms with Crippen molar-refractivity contribution in [2.24, 2.45) is 0 Å². The molecule has 0 fully saturated rings. The predicted molar refractivity (Wildman–Crippen MR) is 121 cm³/mol. The summed E-state index contributed by atoms with van der Waals surface area (Å²) in [6.07, 6.45) is 8.29. The van der Waals surface area contributed by atoms with E-state index in [1.54, 1.807) is 18.2 Å². The van der Waals surface area contributed by atoms with Crippen LogP contribution in [0.5, 0.6) is 23.0 Å². The van der Waals surface area contributed by atoms with Crippen molar-refractivity contribution in [3.63, 3.8) is 0 Å². The monoisotopic (exact) mass is 436 g/mol. The molecule has 0 saturated carbocycles. The van der Waals surface area contributed by atoms with Gasteiger partial charge in [-0.15, -0.1) is 0 Å². The van der Waals surface area contributed by atoms with Gasteiger partial charge in [0.2, 0.25) is 11.5 Å². The van der Waals surface area contributed by atoms with E-state index < -0.39 is 5.97 Å². The quantitative estimate of drug-likeness (QED) is 0.207. The van der Waals surface area contributed by atoms with Gasteiger partial charge in [-0.1, -0.05) is 76.1 Å². The van der Waals surface area contributed by atoms with E-state index in [4.69, 9.17) is 25.8 Å². The summed E-state index contributed by atoms with van der Waals surface area (Å²) in [4.78, 5) is 11.8. The van der Waals surface area contributed by atoms with Crippen molar-refractivity contribution in [3.05, 3.63) is 23.2 Å². The van der Waals surface area contributed by atoms with Gasteiger partial charge >= 0.3 is 5.97 Å². The summed E-state index contributed by atoms with van der Waals surface area (Å²) in [5.41, 5.74) is 0. The van der Waals surface area contributed by atoms with Crippen LogP contribution in [-0.2, 0) is 4.79 Å². The average Bonchev–Trinajstić information content (AvgIpc) is 2.71. The average molecular weight is 437 g/mol. The third-order valence-electron chi connectivity index (χ3n) is 4.86. The maximum Gasteiger partial charge on any atom is 0.308 e. The van der Waals surface area contributed by atoms with E-state index in [0.717, 1.165) is 51.4 Å². The van der Waals surface area contributed by atoms with Crippen molar-refractivity contribution in [1.29, 1.82) is 0 Å². The van der Waals surface area contributed by atoms with Crippen molar-refractivity contribution >= 4 is 28.3 Å². The number of aromatic hydroxyl groups is 1. The number of esters is 1. The second-order valence-corrected chi connectivity index (χ2v) is 7.82. The first-order valence-corrected chi connectivity index (χ1v) is 11.3. The normalized spacial score (nSPS) is 10.9. The third kappa shape index (κ3) is 6.43. The fraction of sp³-hybridized carbons (Fsp3) is 0.542. The lowest BCUT2D eigenvalue weighted by Gasteiger charge is -2.20. The fourth-order valence-electron chi connectivity index (χ4n) is 3.31. The summed E-state index contributed by atoms with van der Waals surface area (Å²) in [5, 5.41) is 12.2. The largest absolute Gasteiger partial charge is 0.504 e.